The Kier molecular flexibility index (Phi) is 3.23. The van der Waals surface area contributed by atoms with Gasteiger partial charge in [-0.15, -0.1) is 0 Å². The van der Waals surface area contributed by atoms with E-state index in [1.807, 2.05) is 0 Å². The zero-order valence-corrected chi connectivity index (χ0v) is 12.1. The number of benzene rings is 1. The molecule has 0 spiro atoms. The Balaban J connectivity index is 2.02. The molecule has 0 amide bonds. The van der Waals surface area contributed by atoms with Crippen LogP contribution in [0.3, 0.4) is 0 Å². The zero-order valence-electron chi connectivity index (χ0n) is 12.1. The first-order valence-corrected chi connectivity index (χ1v) is 7.28. The van der Waals surface area contributed by atoms with Crippen LogP contribution < -0.4 is 0 Å². The second kappa shape index (κ2) is 4.77. The first kappa shape index (κ1) is 12.9. The summed E-state index contributed by atoms with van der Waals surface area (Å²) in [5.74, 6) is 0. The SMILES string of the molecule is CC(C)(C)N1O[C@@H]2CCCC=C2[C@H]1c1ccccc1. The van der Waals surface area contributed by atoms with Gasteiger partial charge in [0.05, 0.1) is 6.04 Å². The number of hydrogen-bond acceptors (Lipinski definition) is 2. The van der Waals surface area contributed by atoms with E-state index in [4.69, 9.17) is 4.84 Å². The Bertz CT molecular complexity index is 472. The molecule has 3 rings (SSSR count). The molecule has 2 aliphatic rings. The third-order valence-electron chi connectivity index (χ3n) is 3.99. The Morgan fingerprint density at radius 2 is 1.89 bits per heavy atom. The average Bonchev–Trinajstić information content (AvgIpc) is 2.79. The van der Waals surface area contributed by atoms with E-state index < -0.39 is 0 Å². The van der Waals surface area contributed by atoms with Gasteiger partial charge in [0, 0.05) is 5.54 Å². The molecule has 1 heterocycles. The quantitative estimate of drug-likeness (QED) is 0.697. The van der Waals surface area contributed by atoms with Crippen LogP contribution in [0.2, 0.25) is 0 Å². The Hall–Kier alpha value is -1.12. The minimum Gasteiger partial charge on any atom is -0.290 e. The van der Waals surface area contributed by atoms with Crippen molar-refractivity contribution in [2.45, 2.75) is 57.7 Å². The van der Waals surface area contributed by atoms with Crippen LogP contribution in [-0.4, -0.2) is 16.7 Å². The normalized spacial score (nSPS) is 28.1. The number of rotatable bonds is 1. The highest BCUT2D eigenvalue weighted by Gasteiger charge is 2.44. The van der Waals surface area contributed by atoms with Gasteiger partial charge in [0.1, 0.15) is 6.10 Å². The van der Waals surface area contributed by atoms with Crippen LogP contribution in [0.1, 0.15) is 51.6 Å². The third kappa shape index (κ3) is 2.35. The number of nitrogens with zero attached hydrogens (tertiary/aromatic N) is 1. The largest absolute Gasteiger partial charge is 0.290 e. The fourth-order valence-corrected chi connectivity index (χ4v) is 3.11. The van der Waals surface area contributed by atoms with Crippen LogP contribution >= 0.6 is 0 Å². The molecule has 0 N–H and O–H groups in total. The highest BCUT2D eigenvalue weighted by molar-refractivity contribution is 5.33. The first-order valence-electron chi connectivity index (χ1n) is 7.28. The van der Waals surface area contributed by atoms with Gasteiger partial charge in [-0.05, 0) is 51.2 Å². The second-order valence-electron chi connectivity index (χ2n) is 6.54. The van der Waals surface area contributed by atoms with Crippen LogP contribution in [0.4, 0.5) is 0 Å². The fraction of sp³-hybridized carbons (Fsp3) is 0.529. The zero-order chi connectivity index (χ0) is 13.5. The lowest BCUT2D eigenvalue weighted by Crippen LogP contribution is -2.40. The minimum atomic E-state index is 0.0126. The van der Waals surface area contributed by atoms with E-state index in [0.29, 0.717) is 0 Å². The molecule has 1 aliphatic carbocycles. The lowest BCUT2D eigenvalue weighted by molar-refractivity contribution is -0.214. The molecule has 0 unspecified atom stereocenters. The maximum atomic E-state index is 6.26. The molecule has 0 bridgehead atoms. The molecule has 102 valence electrons. The first-order chi connectivity index (χ1) is 9.07. The predicted octanol–water partition coefficient (Wildman–Crippen LogP) is 4.25. The molecule has 1 saturated heterocycles. The molecule has 2 atom stereocenters. The lowest BCUT2D eigenvalue weighted by atomic mass is 9.87. The van der Waals surface area contributed by atoms with Gasteiger partial charge in [-0.3, -0.25) is 4.84 Å². The van der Waals surface area contributed by atoms with Gasteiger partial charge in [-0.1, -0.05) is 36.4 Å². The molecule has 0 aromatic heterocycles. The highest BCUT2D eigenvalue weighted by Crippen LogP contribution is 2.46. The smallest absolute Gasteiger partial charge is 0.102 e. The Labute approximate surface area is 116 Å². The number of fused-ring (bicyclic) bond motifs is 1. The Morgan fingerprint density at radius 3 is 2.58 bits per heavy atom. The van der Waals surface area contributed by atoms with Crippen molar-refractivity contribution in [2.24, 2.45) is 0 Å². The standard InChI is InChI=1S/C17H23NO/c1-17(2,3)18-16(13-9-5-4-6-10-13)14-11-7-8-12-15(14)19-18/h4-6,9-11,15-16H,7-8,12H2,1-3H3/t15-,16-/m1/s1. The van der Waals surface area contributed by atoms with Gasteiger partial charge in [-0.25, -0.2) is 0 Å². The molecule has 2 heteroatoms. The van der Waals surface area contributed by atoms with Crippen LogP contribution in [0.15, 0.2) is 42.0 Å². The summed E-state index contributed by atoms with van der Waals surface area (Å²) in [5, 5.41) is 2.20. The van der Waals surface area contributed by atoms with Crippen molar-refractivity contribution in [1.82, 2.24) is 5.06 Å². The fourth-order valence-electron chi connectivity index (χ4n) is 3.11. The summed E-state index contributed by atoms with van der Waals surface area (Å²) >= 11 is 0. The highest BCUT2D eigenvalue weighted by atomic mass is 16.7. The summed E-state index contributed by atoms with van der Waals surface area (Å²) in [5.41, 5.74) is 2.82. The van der Waals surface area contributed by atoms with Gasteiger partial charge in [-0.2, -0.15) is 5.06 Å². The van der Waals surface area contributed by atoms with Crippen molar-refractivity contribution in [3.63, 3.8) is 0 Å². The van der Waals surface area contributed by atoms with Gasteiger partial charge in [0.15, 0.2) is 0 Å². The van der Waals surface area contributed by atoms with Crippen molar-refractivity contribution >= 4 is 0 Å². The molecule has 1 aromatic carbocycles. The second-order valence-corrected chi connectivity index (χ2v) is 6.54. The third-order valence-corrected chi connectivity index (χ3v) is 3.99. The number of hydrogen-bond donors (Lipinski definition) is 0. The van der Waals surface area contributed by atoms with E-state index in [9.17, 15) is 0 Å². The Morgan fingerprint density at radius 1 is 1.16 bits per heavy atom. The van der Waals surface area contributed by atoms with Crippen LogP contribution in [0, 0.1) is 0 Å². The van der Waals surface area contributed by atoms with E-state index in [-0.39, 0.29) is 17.7 Å². The van der Waals surface area contributed by atoms with E-state index in [2.05, 4.69) is 62.2 Å². The molecule has 1 fully saturated rings. The van der Waals surface area contributed by atoms with Gasteiger partial charge >= 0.3 is 0 Å². The minimum absolute atomic E-state index is 0.0126. The van der Waals surface area contributed by atoms with E-state index >= 15 is 0 Å². The lowest BCUT2D eigenvalue weighted by Gasteiger charge is -2.35. The van der Waals surface area contributed by atoms with Gasteiger partial charge in [0.2, 0.25) is 0 Å². The van der Waals surface area contributed by atoms with E-state index in [0.717, 1.165) is 6.42 Å². The summed E-state index contributed by atoms with van der Waals surface area (Å²) in [7, 11) is 0. The molecular formula is C17H23NO. The molecule has 1 aliphatic heterocycles. The summed E-state index contributed by atoms with van der Waals surface area (Å²) in [4.78, 5) is 6.26. The topological polar surface area (TPSA) is 12.5 Å². The summed E-state index contributed by atoms with van der Waals surface area (Å²) in [6, 6.07) is 11.0. The van der Waals surface area contributed by atoms with Crippen LogP contribution in [0.25, 0.3) is 0 Å². The molecular weight excluding hydrogens is 234 g/mol. The van der Waals surface area contributed by atoms with Gasteiger partial charge in [0.25, 0.3) is 0 Å². The van der Waals surface area contributed by atoms with E-state index in [1.54, 1.807) is 0 Å². The van der Waals surface area contributed by atoms with Crippen LogP contribution in [0.5, 0.6) is 0 Å². The number of hydroxylamine groups is 2. The van der Waals surface area contributed by atoms with Crippen molar-refractivity contribution in [2.75, 3.05) is 0 Å². The van der Waals surface area contributed by atoms with Crippen LogP contribution in [-0.2, 0) is 4.84 Å². The van der Waals surface area contributed by atoms with Crippen molar-refractivity contribution in [1.29, 1.82) is 0 Å². The average molecular weight is 257 g/mol. The maximum absolute atomic E-state index is 6.26. The molecule has 2 nitrogen and oxygen atoms in total. The molecule has 0 saturated carbocycles. The summed E-state index contributed by atoms with van der Waals surface area (Å²) in [6.07, 6.45) is 6.28. The monoisotopic (exact) mass is 257 g/mol. The predicted molar refractivity (Wildman–Crippen MR) is 77.6 cm³/mol. The summed E-state index contributed by atoms with van der Waals surface area (Å²) < 4.78 is 0. The van der Waals surface area contributed by atoms with Crippen molar-refractivity contribution < 1.29 is 4.84 Å². The maximum Gasteiger partial charge on any atom is 0.102 e. The molecule has 1 aromatic rings. The number of allylic oxidation sites excluding steroid dienone is 1. The summed E-state index contributed by atoms with van der Waals surface area (Å²) in [6.45, 7) is 6.67. The van der Waals surface area contributed by atoms with E-state index in [1.165, 1.54) is 24.0 Å². The van der Waals surface area contributed by atoms with Crippen molar-refractivity contribution in [3.8, 4) is 0 Å². The van der Waals surface area contributed by atoms with Crippen molar-refractivity contribution in [3.05, 3.63) is 47.5 Å². The molecule has 0 radical (unpaired) electrons. The van der Waals surface area contributed by atoms with Gasteiger partial charge < -0.3 is 0 Å². The molecule has 19 heavy (non-hydrogen) atoms.